The Morgan fingerprint density at radius 1 is 1.19 bits per heavy atom. The van der Waals surface area contributed by atoms with Crippen molar-refractivity contribution in [2.45, 2.75) is 19.0 Å². The Labute approximate surface area is 155 Å². The second-order valence-corrected chi connectivity index (χ2v) is 8.33. The fraction of sp³-hybridized carbons (Fsp3) is 0.500. The standard InChI is InChI=1S/C16H20F3N3O4S/c1-27(25,26)22-7-5-11(6-8-22)10-20-14(23)15(24)21-13-4-2-3-12(9-13)16(17,18)19/h2-4,9,11H,5-8,10H2,1H3,(H,20,23)(H,21,24). The molecular weight excluding hydrogens is 387 g/mol. The quantitative estimate of drug-likeness (QED) is 0.739. The molecular formula is C16H20F3N3O4S. The van der Waals surface area contributed by atoms with Gasteiger partial charge in [-0.2, -0.15) is 13.2 Å². The molecule has 0 aromatic heterocycles. The number of hydrogen-bond donors (Lipinski definition) is 2. The van der Waals surface area contributed by atoms with E-state index >= 15 is 0 Å². The molecule has 1 aromatic carbocycles. The van der Waals surface area contributed by atoms with Crippen LogP contribution in [0.2, 0.25) is 0 Å². The minimum atomic E-state index is -4.55. The molecule has 0 radical (unpaired) electrons. The van der Waals surface area contributed by atoms with Gasteiger partial charge in [-0.3, -0.25) is 9.59 Å². The van der Waals surface area contributed by atoms with Gasteiger partial charge in [0, 0.05) is 25.3 Å². The van der Waals surface area contributed by atoms with E-state index < -0.39 is 33.6 Å². The molecule has 27 heavy (non-hydrogen) atoms. The smallest absolute Gasteiger partial charge is 0.348 e. The van der Waals surface area contributed by atoms with Crippen molar-refractivity contribution in [1.29, 1.82) is 0 Å². The SMILES string of the molecule is CS(=O)(=O)N1CCC(CNC(=O)C(=O)Nc2cccc(C(F)(F)F)c2)CC1. The van der Waals surface area contributed by atoms with E-state index in [1.807, 2.05) is 0 Å². The Hall–Kier alpha value is -2.14. The maximum atomic E-state index is 12.7. The van der Waals surface area contributed by atoms with Gasteiger partial charge in [-0.25, -0.2) is 12.7 Å². The first-order valence-electron chi connectivity index (χ1n) is 8.18. The lowest BCUT2D eigenvalue weighted by Crippen LogP contribution is -2.43. The molecule has 2 N–H and O–H groups in total. The zero-order valence-electron chi connectivity index (χ0n) is 14.5. The summed E-state index contributed by atoms with van der Waals surface area (Å²) in [4.78, 5) is 23.7. The van der Waals surface area contributed by atoms with Gasteiger partial charge in [0.25, 0.3) is 0 Å². The Morgan fingerprint density at radius 2 is 1.81 bits per heavy atom. The Morgan fingerprint density at radius 3 is 2.37 bits per heavy atom. The van der Waals surface area contributed by atoms with Crippen LogP contribution in [0.25, 0.3) is 0 Å². The van der Waals surface area contributed by atoms with Crippen molar-refractivity contribution in [3.8, 4) is 0 Å². The summed E-state index contributed by atoms with van der Waals surface area (Å²) in [6.45, 7) is 0.873. The van der Waals surface area contributed by atoms with E-state index in [1.165, 1.54) is 10.4 Å². The van der Waals surface area contributed by atoms with Crippen LogP contribution >= 0.6 is 0 Å². The highest BCUT2D eigenvalue weighted by Gasteiger charge is 2.31. The van der Waals surface area contributed by atoms with Crippen LogP contribution in [-0.2, 0) is 25.8 Å². The highest BCUT2D eigenvalue weighted by molar-refractivity contribution is 7.88. The van der Waals surface area contributed by atoms with Crippen LogP contribution in [-0.4, -0.2) is 50.4 Å². The van der Waals surface area contributed by atoms with Crippen molar-refractivity contribution in [3.05, 3.63) is 29.8 Å². The average molecular weight is 407 g/mol. The molecule has 0 saturated carbocycles. The summed E-state index contributed by atoms with van der Waals surface area (Å²) < 4.78 is 62.2. The molecule has 150 valence electrons. The monoisotopic (exact) mass is 407 g/mol. The minimum Gasteiger partial charge on any atom is -0.348 e. The third kappa shape index (κ3) is 6.21. The Kier molecular flexibility index (Phi) is 6.47. The number of hydrogen-bond acceptors (Lipinski definition) is 4. The van der Waals surface area contributed by atoms with Crippen LogP contribution in [0.3, 0.4) is 0 Å². The van der Waals surface area contributed by atoms with Gasteiger partial charge < -0.3 is 10.6 Å². The highest BCUT2D eigenvalue weighted by Crippen LogP contribution is 2.30. The van der Waals surface area contributed by atoms with Crippen LogP contribution in [0.15, 0.2) is 24.3 Å². The molecule has 1 fully saturated rings. The molecule has 0 spiro atoms. The molecule has 11 heteroatoms. The molecule has 1 saturated heterocycles. The fourth-order valence-electron chi connectivity index (χ4n) is 2.72. The van der Waals surface area contributed by atoms with Gasteiger partial charge in [0.05, 0.1) is 11.8 Å². The van der Waals surface area contributed by atoms with Gasteiger partial charge in [-0.15, -0.1) is 0 Å². The molecule has 2 rings (SSSR count). The number of halogens is 3. The van der Waals surface area contributed by atoms with E-state index in [1.54, 1.807) is 0 Å². The Bertz CT molecular complexity index is 803. The predicted octanol–water partition coefficient (Wildman–Crippen LogP) is 1.43. The summed E-state index contributed by atoms with van der Waals surface area (Å²) in [6, 6.07) is 3.98. The van der Waals surface area contributed by atoms with Crippen molar-refractivity contribution in [1.82, 2.24) is 9.62 Å². The summed E-state index contributed by atoms with van der Waals surface area (Å²) in [7, 11) is -3.24. The van der Waals surface area contributed by atoms with Gasteiger partial charge in [-0.1, -0.05) is 6.07 Å². The normalized spacial score (nSPS) is 16.7. The van der Waals surface area contributed by atoms with E-state index in [0.29, 0.717) is 25.9 Å². The molecule has 7 nitrogen and oxygen atoms in total. The molecule has 0 aliphatic carbocycles. The number of nitrogens with one attached hydrogen (secondary N) is 2. The van der Waals surface area contributed by atoms with Crippen LogP contribution < -0.4 is 10.6 Å². The summed E-state index contributed by atoms with van der Waals surface area (Å²) in [5, 5.41) is 4.56. The lowest BCUT2D eigenvalue weighted by molar-refractivity contribution is -0.137. The fourth-order valence-corrected chi connectivity index (χ4v) is 3.60. The summed E-state index contributed by atoms with van der Waals surface area (Å²) in [5.74, 6) is -2.01. The second kappa shape index (κ2) is 8.26. The number of anilines is 1. The first-order chi connectivity index (χ1) is 12.5. The van der Waals surface area contributed by atoms with Gasteiger partial charge in [0.1, 0.15) is 0 Å². The summed E-state index contributed by atoms with van der Waals surface area (Å²) in [6.07, 6.45) is -2.33. The first kappa shape index (κ1) is 21.2. The lowest BCUT2D eigenvalue weighted by atomic mass is 9.98. The number of piperidine rings is 1. The summed E-state index contributed by atoms with van der Waals surface area (Å²) >= 11 is 0. The van der Waals surface area contributed by atoms with Crippen molar-refractivity contribution in [2.75, 3.05) is 31.2 Å². The molecule has 1 aliphatic rings. The van der Waals surface area contributed by atoms with E-state index in [9.17, 15) is 31.2 Å². The van der Waals surface area contributed by atoms with Crippen LogP contribution in [0.1, 0.15) is 18.4 Å². The van der Waals surface area contributed by atoms with Gasteiger partial charge >= 0.3 is 18.0 Å². The minimum absolute atomic E-state index is 0.0216. The number of sulfonamides is 1. The van der Waals surface area contributed by atoms with Gasteiger partial charge in [0.15, 0.2) is 0 Å². The predicted molar refractivity (Wildman–Crippen MR) is 92.2 cm³/mol. The number of amides is 2. The zero-order chi connectivity index (χ0) is 20.2. The number of benzene rings is 1. The van der Waals surface area contributed by atoms with E-state index in [0.717, 1.165) is 24.5 Å². The lowest BCUT2D eigenvalue weighted by Gasteiger charge is -2.30. The van der Waals surface area contributed by atoms with Gasteiger partial charge in [-0.05, 0) is 37.0 Å². The largest absolute Gasteiger partial charge is 0.416 e. The van der Waals surface area contributed by atoms with Gasteiger partial charge in [0.2, 0.25) is 10.0 Å². The molecule has 1 heterocycles. The van der Waals surface area contributed by atoms with E-state index in [2.05, 4.69) is 10.6 Å². The maximum absolute atomic E-state index is 12.7. The Balaban J connectivity index is 1.82. The van der Waals surface area contributed by atoms with Crippen molar-refractivity contribution in [3.63, 3.8) is 0 Å². The third-order valence-electron chi connectivity index (χ3n) is 4.25. The zero-order valence-corrected chi connectivity index (χ0v) is 15.4. The third-order valence-corrected chi connectivity index (χ3v) is 5.55. The molecule has 1 aromatic rings. The van der Waals surface area contributed by atoms with E-state index in [-0.39, 0.29) is 18.2 Å². The number of carbonyl (C=O) groups excluding carboxylic acids is 2. The van der Waals surface area contributed by atoms with E-state index in [4.69, 9.17) is 0 Å². The highest BCUT2D eigenvalue weighted by atomic mass is 32.2. The van der Waals surface area contributed by atoms with Crippen molar-refractivity contribution >= 4 is 27.5 Å². The van der Waals surface area contributed by atoms with Crippen molar-refractivity contribution in [2.24, 2.45) is 5.92 Å². The molecule has 0 atom stereocenters. The van der Waals surface area contributed by atoms with Crippen molar-refractivity contribution < 1.29 is 31.2 Å². The van der Waals surface area contributed by atoms with Crippen LogP contribution in [0.5, 0.6) is 0 Å². The second-order valence-electron chi connectivity index (χ2n) is 6.35. The number of nitrogens with zero attached hydrogens (tertiary/aromatic N) is 1. The molecule has 0 bridgehead atoms. The molecule has 0 unspecified atom stereocenters. The topological polar surface area (TPSA) is 95.6 Å². The number of rotatable bonds is 4. The average Bonchev–Trinajstić information content (AvgIpc) is 2.58. The molecule has 1 aliphatic heterocycles. The maximum Gasteiger partial charge on any atom is 0.416 e. The first-order valence-corrected chi connectivity index (χ1v) is 10.0. The number of carbonyl (C=O) groups is 2. The number of alkyl halides is 3. The summed E-state index contributed by atoms with van der Waals surface area (Å²) in [5.41, 5.74) is -1.07. The van der Waals surface area contributed by atoms with Crippen LogP contribution in [0, 0.1) is 5.92 Å². The molecule has 2 amide bonds. The van der Waals surface area contributed by atoms with Crippen LogP contribution in [0.4, 0.5) is 18.9 Å².